The highest BCUT2D eigenvalue weighted by atomic mass is 16.3. The van der Waals surface area contributed by atoms with Crippen LogP contribution in [-0.4, -0.2) is 32.9 Å². The van der Waals surface area contributed by atoms with Crippen molar-refractivity contribution in [2.75, 3.05) is 5.32 Å². The largest absolute Gasteiger partial charge is 0.507 e. The van der Waals surface area contributed by atoms with Gasteiger partial charge in [0.25, 0.3) is 5.91 Å². The standard InChI is InChI=1S/C22H24N4O4/c1-13(2)23-22(29)26-18(14-5-3-6-14)12-17(25-26)16-9-8-15(11-19(16)27)24-21(28)20-7-4-10-30-20/h4,7-14,27H,3,5-6H2,1-2H3,(H,23,29)(H,24,28). The number of anilines is 1. The highest BCUT2D eigenvalue weighted by Crippen LogP contribution is 2.39. The SMILES string of the molecule is CC(C)NC(=O)n1nc(-c2ccc(NC(=O)c3ccco3)cc2O)cc1C1CCC1. The molecule has 156 valence electrons. The van der Waals surface area contributed by atoms with Gasteiger partial charge in [-0.25, -0.2) is 4.79 Å². The lowest BCUT2D eigenvalue weighted by Gasteiger charge is -2.25. The van der Waals surface area contributed by atoms with Crippen molar-refractivity contribution in [2.45, 2.75) is 45.1 Å². The van der Waals surface area contributed by atoms with Crippen LogP contribution < -0.4 is 10.6 Å². The summed E-state index contributed by atoms with van der Waals surface area (Å²) < 4.78 is 6.48. The van der Waals surface area contributed by atoms with E-state index < -0.39 is 5.91 Å². The fourth-order valence-corrected chi connectivity index (χ4v) is 3.42. The number of carbonyl (C=O) groups is 2. The van der Waals surface area contributed by atoms with Crippen molar-refractivity contribution in [3.05, 3.63) is 54.1 Å². The Bertz CT molecular complexity index is 1070. The number of benzene rings is 1. The molecule has 3 aromatic rings. The van der Waals surface area contributed by atoms with Crippen molar-refractivity contribution in [1.29, 1.82) is 0 Å². The molecule has 8 nitrogen and oxygen atoms in total. The Kier molecular flexibility index (Phi) is 5.31. The monoisotopic (exact) mass is 408 g/mol. The van der Waals surface area contributed by atoms with Gasteiger partial charge in [0.1, 0.15) is 5.75 Å². The molecule has 1 aliphatic rings. The van der Waals surface area contributed by atoms with Crippen molar-refractivity contribution in [2.24, 2.45) is 0 Å². The summed E-state index contributed by atoms with van der Waals surface area (Å²) in [6, 6.07) is 9.55. The number of furan rings is 1. The van der Waals surface area contributed by atoms with E-state index in [4.69, 9.17) is 4.42 Å². The molecule has 0 spiro atoms. The summed E-state index contributed by atoms with van der Waals surface area (Å²) in [5.41, 5.74) is 2.28. The third kappa shape index (κ3) is 3.94. The number of aromatic nitrogens is 2. The minimum atomic E-state index is -0.408. The van der Waals surface area contributed by atoms with Crippen LogP contribution in [-0.2, 0) is 0 Å². The predicted molar refractivity (Wildman–Crippen MR) is 112 cm³/mol. The maximum atomic E-state index is 12.6. The van der Waals surface area contributed by atoms with E-state index in [2.05, 4.69) is 15.7 Å². The molecule has 0 unspecified atom stereocenters. The van der Waals surface area contributed by atoms with E-state index in [1.165, 1.54) is 17.0 Å². The molecule has 0 atom stereocenters. The molecule has 1 aromatic carbocycles. The van der Waals surface area contributed by atoms with Crippen LogP contribution in [0.15, 0.2) is 47.1 Å². The quantitative estimate of drug-likeness (QED) is 0.582. The first kappa shape index (κ1) is 19.8. The van der Waals surface area contributed by atoms with E-state index in [0.717, 1.165) is 25.0 Å². The number of nitrogens with zero attached hydrogens (tertiary/aromatic N) is 2. The minimum Gasteiger partial charge on any atom is -0.507 e. The van der Waals surface area contributed by atoms with E-state index in [1.54, 1.807) is 24.3 Å². The number of phenolic OH excluding ortho intramolecular Hbond substituents is 1. The summed E-state index contributed by atoms with van der Waals surface area (Å²) in [7, 11) is 0. The third-order valence-corrected chi connectivity index (χ3v) is 5.14. The zero-order valence-electron chi connectivity index (χ0n) is 16.9. The Morgan fingerprint density at radius 2 is 2.03 bits per heavy atom. The third-order valence-electron chi connectivity index (χ3n) is 5.14. The first-order valence-electron chi connectivity index (χ1n) is 10.0. The normalized spacial score (nSPS) is 13.8. The second-order valence-corrected chi connectivity index (χ2v) is 7.76. The number of hydrogen-bond acceptors (Lipinski definition) is 5. The molecule has 0 aliphatic heterocycles. The summed E-state index contributed by atoms with van der Waals surface area (Å²) in [5, 5.41) is 20.6. The van der Waals surface area contributed by atoms with Crippen LogP contribution in [0.25, 0.3) is 11.3 Å². The first-order chi connectivity index (χ1) is 14.4. The zero-order valence-corrected chi connectivity index (χ0v) is 16.9. The van der Waals surface area contributed by atoms with Crippen molar-refractivity contribution in [3.63, 3.8) is 0 Å². The van der Waals surface area contributed by atoms with Crippen LogP contribution >= 0.6 is 0 Å². The van der Waals surface area contributed by atoms with Crippen molar-refractivity contribution in [1.82, 2.24) is 15.1 Å². The molecule has 0 radical (unpaired) electrons. The van der Waals surface area contributed by atoms with E-state index in [9.17, 15) is 14.7 Å². The number of aromatic hydroxyl groups is 1. The highest BCUT2D eigenvalue weighted by Gasteiger charge is 2.27. The number of rotatable bonds is 5. The van der Waals surface area contributed by atoms with Crippen LogP contribution in [0.4, 0.5) is 10.5 Å². The van der Waals surface area contributed by atoms with Crippen molar-refractivity contribution in [3.8, 4) is 17.0 Å². The smallest absolute Gasteiger partial charge is 0.342 e. The molecule has 0 bridgehead atoms. The van der Waals surface area contributed by atoms with Crippen LogP contribution in [0.5, 0.6) is 5.75 Å². The Hall–Kier alpha value is -3.55. The van der Waals surface area contributed by atoms with Gasteiger partial charge in [-0.05, 0) is 57.0 Å². The molecule has 1 aliphatic carbocycles. The Morgan fingerprint density at radius 1 is 1.23 bits per heavy atom. The Balaban J connectivity index is 1.61. The Labute approximate surface area is 173 Å². The number of carbonyl (C=O) groups excluding carboxylic acids is 2. The molecule has 1 fully saturated rings. The van der Waals surface area contributed by atoms with Crippen LogP contribution in [0.3, 0.4) is 0 Å². The molecule has 4 rings (SSSR count). The average molecular weight is 408 g/mol. The number of phenols is 1. The predicted octanol–water partition coefficient (Wildman–Crippen LogP) is 4.33. The molecule has 2 heterocycles. The van der Waals surface area contributed by atoms with E-state index >= 15 is 0 Å². The average Bonchev–Trinajstić information content (AvgIpc) is 3.30. The van der Waals surface area contributed by atoms with Crippen LogP contribution in [0.2, 0.25) is 0 Å². The maximum absolute atomic E-state index is 12.6. The van der Waals surface area contributed by atoms with Crippen LogP contribution in [0.1, 0.15) is 55.3 Å². The van der Waals surface area contributed by atoms with Crippen molar-refractivity contribution >= 4 is 17.6 Å². The summed E-state index contributed by atoms with van der Waals surface area (Å²) >= 11 is 0. The van der Waals surface area contributed by atoms with Gasteiger partial charge in [0.05, 0.1) is 17.7 Å². The van der Waals surface area contributed by atoms with Gasteiger partial charge in [0, 0.05) is 29.3 Å². The molecule has 2 amide bonds. The summed E-state index contributed by atoms with van der Waals surface area (Å²) in [4.78, 5) is 24.7. The topological polar surface area (TPSA) is 109 Å². The number of nitrogens with one attached hydrogen (secondary N) is 2. The summed E-state index contributed by atoms with van der Waals surface area (Å²) in [6.45, 7) is 3.79. The maximum Gasteiger partial charge on any atom is 0.342 e. The number of hydrogen-bond donors (Lipinski definition) is 3. The second kappa shape index (κ2) is 8.06. The van der Waals surface area contributed by atoms with Gasteiger partial charge < -0.3 is 20.2 Å². The zero-order chi connectivity index (χ0) is 21.3. The van der Waals surface area contributed by atoms with E-state index in [0.29, 0.717) is 16.9 Å². The summed E-state index contributed by atoms with van der Waals surface area (Å²) in [6.07, 6.45) is 4.58. The minimum absolute atomic E-state index is 0.00940. The van der Waals surface area contributed by atoms with Gasteiger partial charge in [-0.2, -0.15) is 9.78 Å². The van der Waals surface area contributed by atoms with Crippen molar-refractivity contribution < 1.29 is 19.1 Å². The molecule has 2 aromatic heterocycles. The van der Waals surface area contributed by atoms with E-state index in [1.807, 2.05) is 19.9 Å². The van der Waals surface area contributed by atoms with Gasteiger partial charge >= 0.3 is 6.03 Å². The molecule has 0 saturated heterocycles. The lowest BCUT2D eigenvalue weighted by molar-refractivity contribution is 0.0996. The first-order valence-corrected chi connectivity index (χ1v) is 10.0. The highest BCUT2D eigenvalue weighted by molar-refractivity contribution is 6.02. The fraction of sp³-hybridized carbons (Fsp3) is 0.318. The lowest BCUT2D eigenvalue weighted by Crippen LogP contribution is -2.36. The molecular weight excluding hydrogens is 384 g/mol. The molecule has 1 saturated carbocycles. The lowest BCUT2D eigenvalue weighted by atomic mass is 9.82. The molecule has 3 N–H and O–H groups in total. The summed E-state index contributed by atoms with van der Waals surface area (Å²) in [5.74, 6) is 0.0205. The van der Waals surface area contributed by atoms with Crippen LogP contribution in [0, 0.1) is 0 Å². The van der Waals surface area contributed by atoms with Gasteiger partial charge in [0.15, 0.2) is 5.76 Å². The fourth-order valence-electron chi connectivity index (χ4n) is 3.42. The number of amides is 2. The van der Waals surface area contributed by atoms with Gasteiger partial charge in [0.2, 0.25) is 0 Å². The van der Waals surface area contributed by atoms with Gasteiger partial charge in [-0.1, -0.05) is 6.42 Å². The van der Waals surface area contributed by atoms with Gasteiger partial charge in [-0.15, -0.1) is 0 Å². The molecular formula is C22H24N4O4. The van der Waals surface area contributed by atoms with E-state index in [-0.39, 0.29) is 29.5 Å². The molecule has 8 heteroatoms. The molecule has 30 heavy (non-hydrogen) atoms. The second-order valence-electron chi connectivity index (χ2n) is 7.76. The van der Waals surface area contributed by atoms with Gasteiger partial charge in [-0.3, -0.25) is 4.79 Å². The Morgan fingerprint density at radius 3 is 2.63 bits per heavy atom.